The van der Waals surface area contributed by atoms with Crippen molar-refractivity contribution in [2.45, 2.75) is 76.8 Å². The Balaban J connectivity index is 1.55. The third-order valence-electron chi connectivity index (χ3n) is 8.76. The molecule has 258 valence electrons. The Hall–Kier alpha value is -2.93. The maximum absolute atomic E-state index is 13.7. The molecule has 1 unspecified atom stereocenters. The highest BCUT2D eigenvalue weighted by molar-refractivity contribution is 7.98. The normalized spacial score (nSPS) is 17.6. The van der Waals surface area contributed by atoms with Crippen LogP contribution in [0.2, 0.25) is 0 Å². The van der Waals surface area contributed by atoms with Crippen molar-refractivity contribution in [2.24, 2.45) is 5.92 Å². The maximum atomic E-state index is 13.7. The Kier molecular flexibility index (Phi) is 14.1. The molecule has 47 heavy (non-hydrogen) atoms. The van der Waals surface area contributed by atoms with E-state index in [2.05, 4.69) is 15.0 Å². The van der Waals surface area contributed by atoms with E-state index < -0.39 is 30.1 Å². The van der Waals surface area contributed by atoms with Crippen molar-refractivity contribution in [1.82, 2.24) is 10.2 Å². The Morgan fingerprint density at radius 3 is 2.45 bits per heavy atom. The molecule has 2 aromatic carbocycles. The van der Waals surface area contributed by atoms with E-state index >= 15 is 0 Å². The van der Waals surface area contributed by atoms with Crippen LogP contribution < -0.4 is 5.32 Å². The summed E-state index contributed by atoms with van der Waals surface area (Å²) in [4.78, 5) is 40.0. The zero-order valence-electron chi connectivity index (χ0n) is 27.1. The molecule has 2 aliphatic rings. The van der Waals surface area contributed by atoms with Gasteiger partial charge in [0, 0.05) is 25.2 Å². The molecule has 1 saturated heterocycles. The number of esters is 2. The second kappa shape index (κ2) is 18.0. The summed E-state index contributed by atoms with van der Waals surface area (Å²) < 4.78 is 54.5. The first kappa shape index (κ1) is 36.9. The molecular weight excluding hydrogens is 633 g/mol. The number of morpholine rings is 1. The van der Waals surface area contributed by atoms with Crippen molar-refractivity contribution in [2.75, 3.05) is 44.9 Å². The van der Waals surface area contributed by atoms with Crippen molar-refractivity contribution >= 4 is 29.6 Å². The van der Waals surface area contributed by atoms with Gasteiger partial charge in [0.1, 0.15) is 6.04 Å². The number of nitrogens with zero attached hydrogens (tertiary/aromatic N) is 1. The van der Waals surface area contributed by atoms with Crippen LogP contribution >= 0.6 is 11.8 Å². The lowest BCUT2D eigenvalue weighted by molar-refractivity contribution is -0.202. The van der Waals surface area contributed by atoms with Crippen LogP contribution in [-0.4, -0.2) is 85.9 Å². The van der Waals surface area contributed by atoms with Gasteiger partial charge >= 0.3 is 18.1 Å². The predicted octanol–water partition coefficient (Wildman–Crippen LogP) is 6.33. The van der Waals surface area contributed by atoms with Gasteiger partial charge in [0.05, 0.1) is 25.9 Å². The zero-order chi connectivity index (χ0) is 33.8. The minimum atomic E-state index is -5.34. The zero-order valence-corrected chi connectivity index (χ0v) is 27.9. The van der Waals surface area contributed by atoms with Gasteiger partial charge in [-0.3, -0.25) is 9.69 Å². The largest absolute Gasteiger partial charge is 0.491 e. The van der Waals surface area contributed by atoms with E-state index in [1.54, 1.807) is 18.4 Å². The summed E-state index contributed by atoms with van der Waals surface area (Å²) >= 11 is 1.34. The number of halogens is 3. The molecule has 1 aliphatic heterocycles. The molecule has 0 radical (unpaired) electrons. The Morgan fingerprint density at radius 1 is 1.04 bits per heavy atom. The fourth-order valence-corrected chi connectivity index (χ4v) is 6.67. The van der Waals surface area contributed by atoms with E-state index in [4.69, 9.17) is 9.47 Å². The highest BCUT2D eigenvalue weighted by Crippen LogP contribution is 2.31. The molecule has 2 aromatic rings. The first-order valence-electron chi connectivity index (χ1n) is 16.3. The van der Waals surface area contributed by atoms with Crippen molar-refractivity contribution < 1.29 is 41.8 Å². The van der Waals surface area contributed by atoms with Crippen LogP contribution in [0.15, 0.2) is 42.5 Å². The quantitative estimate of drug-likeness (QED) is 0.183. The van der Waals surface area contributed by atoms with Crippen molar-refractivity contribution in [3.05, 3.63) is 59.2 Å². The smallest absolute Gasteiger partial charge is 0.385 e. The molecule has 1 saturated carbocycles. The Bertz CT molecular complexity index is 1320. The second-order valence-corrected chi connectivity index (χ2v) is 13.3. The van der Waals surface area contributed by atoms with Crippen molar-refractivity contribution in [3.63, 3.8) is 0 Å². The number of nitrogens with one attached hydrogen (secondary N) is 1. The Labute approximate surface area is 279 Å². The van der Waals surface area contributed by atoms with E-state index in [-0.39, 0.29) is 18.1 Å². The van der Waals surface area contributed by atoms with Gasteiger partial charge in [0.2, 0.25) is 0 Å². The van der Waals surface area contributed by atoms with Crippen LogP contribution in [0.25, 0.3) is 11.1 Å². The molecule has 2 fully saturated rings. The number of aryl methyl sites for hydroxylation is 1. The molecule has 8 nitrogen and oxygen atoms in total. The molecule has 1 amide bonds. The number of rotatable bonds is 14. The summed E-state index contributed by atoms with van der Waals surface area (Å²) in [7, 11) is 0. The van der Waals surface area contributed by atoms with Gasteiger partial charge in [0.25, 0.3) is 5.91 Å². The lowest BCUT2D eigenvalue weighted by atomic mass is 9.85. The lowest BCUT2D eigenvalue weighted by Crippen LogP contribution is -2.44. The van der Waals surface area contributed by atoms with Gasteiger partial charge in [-0.15, -0.1) is 0 Å². The van der Waals surface area contributed by atoms with Gasteiger partial charge in [-0.1, -0.05) is 62.4 Å². The van der Waals surface area contributed by atoms with Crippen LogP contribution in [0.3, 0.4) is 0 Å². The lowest BCUT2D eigenvalue weighted by Gasteiger charge is -2.33. The summed E-state index contributed by atoms with van der Waals surface area (Å²) in [5.74, 6) is -3.76. The highest BCUT2D eigenvalue weighted by atomic mass is 32.2. The molecule has 12 heteroatoms. The molecule has 0 bridgehead atoms. The number of amides is 1. The van der Waals surface area contributed by atoms with Crippen LogP contribution in [0.5, 0.6) is 0 Å². The van der Waals surface area contributed by atoms with Gasteiger partial charge in [0.15, 0.2) is 0 Å². The van der Waals surface area contributed by atoms with E-state index in [0.29, 0.717) is 37.1 Å². The third-order valence-corrected chi connectivity index (χ3v) is 9.41. The summed E-state index contributed by atoms with van der Waals surface area (Å²) in [6.45, 7) is 6.27. The fourth-order valence-electron chi connectivity index (χ4n) is 6.19. The number of hydrogen-bond donors (Lipinski definition) is 1. The first-order valence-corrected chi connectivity index (χ1v) is 17.7. The molecule has 4 rings (SSSR count). The number of benzene rings is 2. The molecule has 0 spiro atoms. The monoisotopic (exact) mass is 678 g/mol. The third kappa shape index (κ3) is 11.3. The minimum absolute atomic E-state index is 0.0198. The van der Waals surface area contributed by atoms with E-state index in [1.807, 2.05) is 37.3 Å². The number of ether oxygens (including phenoxy) is 3. The van der Waals surface area contributed by atoms with E-state index in [0.717, 1.165) is 42.7 Å². The minimum Gasteiger partial charge on any atom is -0.385 e. The standard InChI is InChI=1S/C35H45F3N2O6S/c1-24-8-6-7-11-28(24)30-21-26(23-45-27(20-25-9-4-3-5-10-25)22-40-15-17-44-18-16-40)12-13-29(30)32(41)39-31(14-19-47-2)33(42)46-34(43)35(36,37)38/h6-8,11-13,21,25,27,31H,3-5,9-10,14-20,22-23H2,1-2H3,(H,39,41)/t27?,31-/m0/s1. The molecule has 1 aliphatic carbocycles. The fraction of sp³-hybridized carbons (Fsp3) is 0.571. The van der Waals surface area contributed by atoms with Crippen LogP contribution in [-0.2, 0) is 30.4 Å². The van der Waals surface area contributed by atoms with Gasteiger partial charge in [-0.25, -0.2) is 9.59 Å². The van der Waals surface area contributed by atoms with Crippen molar-refractivity contribution in [3.8, 4) is 11.1 Å². The van der Waals surface area contributed by atoms with Gasteiger partial charge in [-0.05, 0) is 72.1 Å². The van der Waals surface area contributed by atoms with Crippen molar-refractivity contribution in [1.29, 1.82) is 0 Å². The Morgan fingerprint density at radius 2 is 1.77 bits per heavy atom. The molecular formula is C35H45F3N2O6S. The van der Waals surface area contributed by atoms with Crippen LogP contribution in [0.4, 0.5) is 13.2 Å². The van der Waals surface area contributed by atoms with Crippen LogP contribution in [0.1, 0.15) is 66.4 Å². The number of carbonyl (C=O) groups excluding carboxylic acids is 3. The number of hydrogen-bond acceptors (Lipinski definition) is 8. The summed E-state index contributed by atoms with van der Waals surface area (Å²) in [6, 6.07) is 11.4. The number of alkyl halides is 3. The average Bonchev–Trinajstić information content (AvgIpc) is 3.06. The van der Waals surface area contributed by atoms with Gasteiger partial charge < -0.3 is 19.5 Å². The average molecular weight is 679 g/mol. The summed E-state index contributed by atoms with van der Waals surface area (Å²) in [6.07, 6.45) is 3.68. The second-order valence-electron chi connectivity index (χ2n) is 12.3. The molecule has 1 heterocycles. The number of thioether (sulfide) groups is 1. The van der Waals surface area contributed by atoms with Crippen LogP contribution in [0, 0.1) is 12.8 Å². The number of carbonyl (C=O) groups is 3. The first-order chi connectivity index (χ1) is 22.5. The topological polar surface area (TPSA) is 94.2 Å². The van der Waals surface area contributed by atoms with E-state index in [1.165, 1.54) is 43.9 Å². The SMILES string of the molecule is CSCC[C@H](NC(=O)c1ccc(COC(CC2CCCCC2)CN2CCOCC2)cc1-c1ccccc1C)C(=O)OC(=O)C(F)(F)F. The molecule has 1 N–H and O–H groups in total. The molecule has 2 atom stereocenters. The summed E-state index contributed by atoms with van der Waals surface area (Å²) in [5, 5.41) is 2.52. The van der Waals surface area contributed by atoms with E-state index in [9.17, 15) is 27.6 Å². The van der Waals surface area contributed by atoms with Gasteiger partial charge in [-0.2, -0.15) is 24.9 Å². The summed E-state index contributed by atoms with van der Waals surface area (Å²) in [5.41, 5.74) is 3.41. The predicted molar refractivity (Wildman–Crippen MR) is 175 cm³/mol. The highest BCUT2D eigenvalue weighted by Gasteiger charge is 2.43. The molecule has 0 aromatic heterocycles. The maximum Gasteiger partial charge on any atom is 0.491 e.